The summed E-state index contributed by atoms with van der Waals surface area (Å²) in [5.74, 6) is 0.499. The lowest BCUT2D eigenvalue weighted by Gasteiger charge is -2.34. The molecule has 0 bridgehead atoms. The van der Waals surface area contributed by atoms with Gasteiger partial charge in [0.15, 0.2) is 0 Å². The number of likely N-dealkylation sites (tertiary alicyclic amines) is 1. The molecule has 11 heavy (non-hydrogen) atoms. The summed E-state index contributed by atoms with van der Waals surface area (Å²) in [6.07, 6.45) is 1.92. The van der Waals surface area contributed by atoms with Crippen molar-refractivity contribution in [2.24, 2.45) is 11.7 Å². The minimum atomic E-state index is 0.270. The summed E-state index contributed by atoms with van der Waals surface area (Å²) >= 11 is 0. The highest BCUT2D eigenvalue weighted by Gasteiger charge is 2.23. The predicted octanol–water partition coefficient (Wildman–Crippen LogP) is -0.352. The van der Waals surface area contributed by atoms with Crippen molar-refractivity contribution in [2.75, 3.05) is 26.7 Å². The Morgan fingerprint density at radius 2 is 2.36 bits per heavy atom. The standard InChI is InChI=1S/C8H18N2O/c1-10-4-2-8(9)7(6-10)3-5-11/h7-8,11H,2-6,9H2,1H3. The molecule has 1 heterocycles. The van der Waals surface area contributed by atoms with Gasteiger partial charge in [-0.15, -0.1) is 0 Å². The lowest BCUT2D eigenvalue weighted by molar-refractivity contribution is 0.152. The van der Waals surface area contributed by atoms with Gasteiger partial charge in [-0.05, 0) is 32.4 Å². The molecule has 0 aromatic carbocycles. The maximum absolute atomic E-state index is 8.75. The van der Waals surface area contributed by atoms with Crippen molar-refractivity contribution in [3.63, 3.8) is 0 Å². The Kier molecular flexibility index (Phi) is 3.30. The fourth-order valence-corrected chi connectivity index (χ4v) is 1.70. The molecular weight excluding hydrogens is 140 g/mol. The highest BCUT2D eigenvalue weighted by molar-refractivity contribution is 4.80. The van der Waals surface area contributed by atoms with Gasteiger partial charge in [-0.3, -0.25) is 0 Å². The van der Waals surface area contributed by atoms with Crippen LogP contribution in [0.5, 0.6) is 0 Å². The molecule has 66 valence electrons. The van der Waals surface area contributed by atoms with E-state index in [0.29, 0.717) is 12.0 Å². The van der Waals surface area contributed by atoms with Gasteiger partial charge in [0, 0.05) is 19.2 Å². The number of hydrogen-bond donors (Lipinski definition) is 2. The lowest BCUT2D eigenvalue weighted by atomic mass is 9.91. The number of rotatable bonds is 2. The summed E-state index contributed by atoms with van der Waals surface area (Å²) in [7, 11) is 2.11. The molecule has 1 fully saturated rings. The van der Waals surface area contributed by atoms with Crippen LogP contribution in [-0.4, -0.2) is 42.8 Å². The number of nitrogens with two attached hydrogens (primary N) is 1. The zero-order chi connectivity index (χ0) is 8.27. The van der Waals surface area contributed by atoms with Gasteiger partial charge in [0.05, 0.1) is 0 Å². The second kappa shape index (κ2) is 4.04. The molecule has 0 saturated carbocycles. The van der Waals surface area contributed by atoms with Gasteiger partial charge in [-0.1, -0.05) is 0 Å². The largest absolute Gasteiger partial charge is 0.396 e. The van der Waals surface area contributed by atoms with Crippen molar-refractivity contribution in [3.8, 4) is 0 Å². The van der Waals surface area contributed by atoms with Gasteiger partial charge < -0.3 is 15.7 Å². The van der Waals surface area contributed by atoms with E-state index in [1.807, 2.05) is 0 Å². The highest BCUT2D eigenvalue weighted by atomic mass is 16.3. The molecule has 2 atom stereocenters. The molecule has 3 N–H and O–H groups in total. The fraction of sp³-hybridized carbons (Fsp3) is 1.00. The van der Waals surface area contributed by atoms with Gasteiger partial charge in [-0.25, -0.2) is 0 Å². The lowest BCUT2D eigenvalue weighted by Crippen LogP contribution is -2.45. The zero-order valence-electron chi connectivity index (χ0n) is 7.16. The first kappa shape index (κ1) is 8.97. The molecule has 0 spiro atoms. The molecule has 1 aliphatic heterocycles. The van der Waals surface area contributed by atoms with Gasteiger partial charge >= 0.3 is 0 Å². The summed E-state index contributed by atoms with van der Waals surface area (Å²) in [5, 5.41) is 8.75. The van der Waals surface area contributed by atoms with E-state index in [9.17, 15) is 0 Å². The Hall–Kier alpha value is -0.120. The number of piperidine rings is 1. The minimum absolute atomic E-state index is 0.270. The van der Waals surface area contributed by atoms with Crippen LogP contribution in [0.25, 0.3) is 0 Å². The summed E-state index contributed by atoms with van der Waals surface area (Å²) < 4.78 is 0. The summed E-state index contributed by atoms with van der Waals surface area (Å²) in [5.41, 5.74) is 5.89. The van der Waals surface area contributed by atoms with Crippen molar-refractivity contribution in [1.82, 2.24) is 4.90 Å². The van der Waals surface area contributed by atoms with E-state index in [1.165, 1.54) is 0 Å². The Bertz CT molecular complexity index is 119. The number of aliphatic hydroxyl groups excluding tert-OH is 1. The second-order valence-corrected chi connectivity index (χ2v) is 3.49. The molecule has 1 saturated heterocycles. The highest BCUT2D eigenvalue weighted by Crippen LogP contribution is 2.16. The van der Waals surface area contributed by atoms with Crippen molar-refractivity contribution in [3.05, 3.63) is 0 Å². The molecule has 3 nitrogen and oxygen atoms in total. The first-order chi connectivity index (χ1) is 5.24. The van der Waals surface area contributed by atoms with Crippen LogP contribution in [0.1, 0.15) is 12.8 Å². The van der Waals surface area contributed by atoms with Crippen LogP contribution in [0.3, 0.4) is 0 Å². The molecule has 0 radical (unpaired) electrons. The molecule has 1 rings (SSSR count). The van der Waals surface area contributed by atoms with Crippen molar-refractivity contribution >= 4 is 0 Å². The second-order valence-electron chi connectivity index (χ2n) is 3.49. The van der Waals surface area contributed by atoms with Crippen LogP contribution in [-0.2, 0) is 0 Å². The summed E-state index contributed by atoms with van der Waals surface area (Å²) in [6.45, 7) is 2.41. The third-order valence-electron chi connectivity index (χ3n) is 2.50. The van der Waals surface area contributed by atoms with Gasteiger partial charge in [0.1, 0.15) is 0 Å². The number of nitrogens with zero attached hydrogens (tertiary/aromatic N) is 1. The molecule has 0 aromatic heterocycles. The predicted molar refractivity (Wildman–Crippen MR) is 45.3 cm³/mol. The van der Waals surface area contributed by atoms with Gasteiger partial charge in [-0.2, -0.15) is 0 Å². The molecule has 2 unspecified atom stereocenters. The van der Waals surface area contributed by atoms with Crippen LogP contribution in [0.15, 0.2) is 0 Å². The zero-order valence-corrected chi connectivity index (χ0v) is 7.16. The van der Waals surface area contributed by atoms with Crippen molar-refractivity contribution in [1.29, 1.82) is 0 Å². The molecule has 0 aromatic rings. The fourth-order valence-electron chi connectivity index (χ4n) is 1.70. The monoisotopic (exact) mass is 158 g/mol. The Labute approximate surface area is 68.2 Å². The average molecular weight is 158 g/mol. The minimum Gasteiger partial charge on any atom is -0.396 e. The van der Waals surface area contributed by atoms with Crippen molar-refractivity contribution < 1.29 is 5.11 Å². The molecule has 3 heteroatoms. The molecule has 0 amide bonds. The van der Waals surface area contributed by atoms with Gasteiger partial charge in [0.2, 0.25) is 0 Å². The third kappa shape index (κ3) is 2.43. The number of aliphatic hydroxyl groups is 1. The summed E-state index contributed by atoms with van der Waals surface area (Å²) in [6, 6.07) is 0.304. The van der Waals surface area contributed by atoms with Crippen LogP contribution in [0.2, 0.25) is 0 Å². The van der Waals surface area contributed by atoms with Gasteiger partial charge in [0.25, 0.3) is 0 Å². The maximum atomic E-state index is 8.75. The molecule has 1 aliphatic rings. The van der Waals surface area contributed by atoms with E-state index >= 15 is 0 Å². The Balaban J connectivity index is 2.34. The molecular formula is C8H18N2O. The maximum Gasteiger partial charge on any atom is 0.0434 e. The topological polar surface area (TPSA) is 49.5 Å². The van der Waals surface area contributed by atoms with Crippen LogP contribution in [0, 0.1) is 5.92 Å². The molecule has 0 aliphatic carbocycles. The normalized spacial score (nSPS) is 34.1. The van der Waals surface area contributed by atoms with E-state index in [-0.39, 0.29) is 6.61 Å². The van der Waals surface area contributed by atoms with Crippen LogP contribution < -0.4 is 5.73 Å². The SMILES string of the molecule is CN1CCC(N)C(CCO)C1. The quantitative estimate of drug-likeness (QED) is 0.577. The average Bonchev–Trinajstić information content (AvgIpc) is 1.98. The van der Waals surface area contributed by atoms with E-state index in [1.54, 1.807) is 0 Å². The van der Waals surface area contributed by atoms with E-state index < -0.39 is 0 Å². The Morgan fingerprint density at radius 1 is 1.64 bits per heavy atom. The van der Waals surface area contributed by atoms with E-state index in [2.05, 4.69) is 11.9 Å². The first-order valence-electron chi connectivity index (χ1n) is 4.29. The van der Waals surface area contributed by atoms with E-state index in [4.69, 9.17) is 10.8 Å². The first-order valence-corrected chi connectivity index (χ1v) is 4.29. The smallest absolute Gasteiger partial charge is 0.0434 e. The Morgan fingerprint density at radius 3 is 3.00 bits per heavy atom. The number of hydrogen-bond acceptors (Lipinski definition) is 3. The van der Waals surface area contributed by atoms with Crippen LogP contribution >= 0.6 is 0 Å². The van der Waals surface area contributed by atoms with Crippen molar-refractivity contribution in [2.45, 2.75) is 18.9 Å². The van der Waals surface area contributed by atoms with E-state index in [0.717, 1.165) is 25.9 Å². The van der Waals surface area contributed by atoms with Crippen LogP contribution in [0.4, 0.5) is 0 Å². The summed E-state index contributed by atoms with van der Waals surface area (Å²) in [4.78, 5) is 2.28. The third-order valence-corrected chi connectivity index (χ3v) is 2.50.